The van der Waals surface area contributed by atoms with Crippen LogP contribution in [0.1, 0.15) is 29.2 Å². The molecule has 116 valence electrons. The van der Waals surface area contributed by atoms with Crippen LogP contribution < -0.4 is 5.73 Å². The molecule has 0 fully saturated rings. The van der Waals surface area contributed by atoms with Crippen molar-refractivity contribution in [2.24, 2.45) is 5.73 Å². The Balaban J connectivity index is 0.000000160. The van der Waals surface area contributed by atoms with E-state index in [2.05, 4.69) is 24.3 Å². The van der Waals surface area contributed by atoms with Crippen molar-refractivity contribution in [3.8, 4) is 0 Å². The fraction of sp³-hybridized carbons (Fsp3) is 0.278. The number of carboxylic acids is 1. The first-order valence-corrected chi connectivity index (χ1v) is 7.36. The first-order valence-electron chi connectivity index (χ1n) is 7.36. The highest BCUT2D eigenvalue weighted by atomic mass is 16.4. The molecule has 0 radical (unpaired) electrons. The first kappa shape index (κ1) is 16.2. The summed E-state index contributed by atoms with van der Waals surface area (Å²) >= 11 is 0. The molecule has 0 saturated heterocycles. The normalized spacial score (nSPS) is 17.6. The smallest absolute Gasteiger partial charge is 0.337 e. The number of carbonyl (C=O) groups is 1. The molecule has 2 aromatic rings. The third kappa shape index (κ3) is 4.41. The maximum atomic E-state index is 10.2. The molecule has 0 amide bonds. The maximum Gasteiger partial charge on any atom is 0.337 e. The second-order valence-electron chi connectivity index (χ2n) is 5.42. The Morgan fingerprint density at radius 2 is 1.64 bits per heavy atom. The molecule has 2 aromatic carbocycles. The first-order chi connectivity index (χ1) is 10.6. The molecule has 0 saturated carbocycles. The van der Waals surface area contributed by atoms with Gasteiger partial charge in [0, 0.05) is 6.04 Å². The van der Waals surface area contributed by atoms with Gasteiger partial charge in [-0.2, -0.15) is 0 Å². The van der Waals surface area contributed by atoms with Gasteiger partial charge in [-0.25, -0.2) is 4.79 Å². The number of benzene rings is 2. The van der Waals surface area contributed by atoms with Crippen LogP contribution in [0.3, 0.4) is 0 Å². The molecule has 2 unspecified atom stereocenters. The summed E-state index contributed by atoms with van der Waals surface area (Å²) in [7, 11) is 0. The molecule has 0 spiro atoms. The van der Waals surface area contributed by atoms with E-state index in [4.69, 9.17) is 15.9 Å². The summed E-state index contributed by atoms with van der Waals surface area (Å²) in [5.41, 5.74) is 9.20. The van der Waals surface area contributed by atoms with E-state index in [0.717, 1.165) is 19.3 Å². The highest BCUT2D eigenvalue weighted by Gasteiger charge is 2.14. The molecule has 4 N–H and O–H groups in total. The van der Waals surface area contributed by atoms with E-state index in [9.17, 15) is 4.79 Å². The molecule has 1 aliphatic rings. The summed E-state index contributed by atoms with van der Waals surface area (Å²) < 4.78 is 0. The highest BCUT2D eigenvalue weighted by Crippen LogP contribution is 2.19. The molecule has 4 heteroatoms. The van der Waals surface area contributed by atoms with Crippen LogP contribution in [0.2, 0.25) is 0 Å². The largest absolute Gasteiger partial charge is 0.479 e. The minimum atomic E-state index is -1.41. The van der Waals surface area contributed by atoms with Gasteiger partial charge in [-0.15, -0.1) is 0 Å². The van der Waals surface area contributed by atoms with Gasteiger partial charge >= 0.3 is 5.97 Å². The molecule has 3 rings (SSSR count). The van der Waals surface area contributed by atoms with E-state index < -0.39 is 12.1 Å². The van der Waals surface area contributed by atoms with Crippen molar-refractivity contribution in [1.82, 2.24) is 0 Å². The predicted molar refractivity (Wildman–Crippen MR) is 85.5 cm³/mol. The number of hydrogen-bond acceptors (Lipinski definition) is 3. The van der Waals surface area contributed by atoms with Crippen molar-refractivity contribution < 1.29 is 15.0 Å². The van der Waals surface area contributed by atoms with Crippen molar-refractivity contribution >= 4 is 5.97 Å². The minimum Gasteiger partial charge on any atom is -0.479 e. The van der Waals surface area contributed by atoms with E-state index in [1.54, 1.807) is 30.3 Å². The Hall–Kier alpha value is -2.17. The van der Waals surface area contributed by atoms with Gasteiger partial charge in [-0.3, -0.25) is 0 Å². The zero-order chi connectivity index (χ0) is 15.9. The number of carboxylic acid groups (broad SMARTS) is 1. The van der Waals surface area contributed by atoms with Crippen molar-refractivity contribution in [3.63, 3.8) is 0 Å². The van der Waals surface area contributed by atoms with Crippen molar-refractivity contribution in [3.05, 3.63) is 71.3 Å². The molecule has 4 nitrogen and oxygen atoms in total. The van der Waals surface area contributed by atoms with Crippen LogP contribution in [-0.4, -0.2) is 22.2 Å². The van der Waals surface area contributed by atoms with Gasteiger partial charge < -0.3 is 15.9 Å². The average Bonchev–Trinajstić information content (AvgIpc) is 2.55. The SMILES string of the molecule is NC1CCc2ccccc2C1.O=C(O)C(O)c1ccccc1. The number of aliphatic hydroxyl groups excluding tert-OH is 1. The van der Waals surface area contributed by atoms with E-state index in [1.165, 1.54) is 11.1 Å². The van der Waals surface area contributed by atoms with Gasteiger partial charge in [-0.1, -0.05) is 54.6 Å². The topological polar surface area (TPSA) is 83.6 Å². The number of fused-ring (bicyclic) bond motifs is 1. The third-order valence-corrected chi connectivity index (χ3v) is 3.73. The Bertz CT molecular complexity index is 613. The summed E-state index contributed by atoms with van der Waals surface area (Å²) in [6.07, 6.45) is 1.97. The quantitative estimate of drug-likeness (QED) is 0.794. The number of rotatable bonds is 2. The number of aryl methyl sites for hydroxylation is 1. The molecular formula is C18H21NO3. The van der Waals surface area contributed by atoms with Gasteiger partial charge in [0.2, 0.25) is 0 Å². The van der Waals surface area contributed by atoms with Gasteiger partial charge in [0.05, 0.1) is 0 Å². The van der Waals surface area contributed by atoms with Gasteiger partial charge in [0.15, 0.2) is 6.10 Å². The van der Waals surface area contributed by atoms with Gasteiger partial charge in [0.25, 0.3) is 0 Å². The fourth-order valence-electron chi connectivity index (χ4n) is 2.50. The van der Waals surface area contributed by atoms with Gasteiger partial charge in [0.1, 0.15) is 0 Å². The third-order valence-electron chi connectivity index (χ3n) is 3.73. The standard InChI is InChI=1S/C10H13N.C8H8O3/c11-10-6-5-8-3-1-2-4-9(8)7-10;9-7(8(10)11)6-4-2-1-3-5-6/h1-4,10H,5-7,11H2;1-5,7,9H,(H,10,11). The van der Waals surface area contributed by atoms with Crippen LogP contribution >= 0.6 is 0 Å². The Morgan fingerprint density at radius 3 is 2.27 bits per heavy atom. The van der Waals surface area contributed by atoms with E-state index in [-0.39, 0.29) is 0 Å². The number of nitrogens with two attached hydrogens (primary N) is 1. The van der Waals surface area contributed by atoms with Crippen molar-refractivity contribution in [2.75, 3.05) is 0 Å². The maximum absolute atomic E-state index is 10.2. The van der Waals surface area contributed by atoms with Gasteiger partial charge in [-0.05, 0) is 36.0 Å². The van der Waals surface area contributed by atoms with E-state index in [0.29, 0.717) is 11.6 Å². The van der Waals surface area contributed by atoms with Crippen molar-refractivity contribution in [2.45, 2.75) is 31.4 Å². The molecule has 0 heterocycles. The Kier molecular flexibility index (Phi) is 5.69. The predicted octanol–water partition coefficient (Wildman–Crippen LogP) is 2.31. The van der Waals surface area contributed by atoms with Crippen LogP contribution in [-0.2, 0) is 17.6 Å². The second-order valence-corrected chi connectivity index (χ2v) is 5.42. The summed E-state index contributed by atoms with van der Waals surface area (Å²) in [5.74, 6) is -1.23. The van der Waals surface area contributed by atoms with Crippen molar-refractivity contribution in [1.29, 1.82) is 0 Å². The Morgan fingerprint density at radius 1 is 1.05 bits per heavy atom. The lowest BCUT2D eigenvalue weighted by atomic mass is 9.89. The minimum absolute atomic E-state index is 0.393. The average molecular weight is 299 g/mol. The van der Waals surface area contributed by atoms with Crippen LogP contribution in [0.4, 0.5) is 0 Å². The molecule has 0 bridgehead atoms. The summed E-state index contributed by atoms with van der Waals surface area (Å²) in [6, 6.07) is 17.3. The fourth-order valence-corrected chi connectivity index (χ4v) is 2.50. The molecule has 2 atom stereocenters. The summed E-state index contributed by atoms with van der Waals surface area (Å²) in [6.45, 7) is 0. The zero-order valence-electron chi connectivity index (χ0n) is 12.4. The summed E-state index contributed by atoms with van der Waals surface area (Å²) in [4.78, 5) is 10.2. The molecule has 0 aromatic heterocycles. The van der Waals surface area contributed by atoms with Crippen LogP contribution in [0.5, 0.6) is 0 Å². The lowest BCUT2D eigenvalue weighted by molar-refractivity contribution is -0.146. The van der Waals surface area contributed by atoms with Crippen LogP contribution in [0.25, 0.3) is 0 Å². The highest BCUT2D eigenvalue weighted by molar-refractivity contribution is 5.73. The van der Waals surface area contributed by atoms with E-state index in [1.807, 2.05) is 0 Å². The number of hydrogen-bond donors (Lipinski definition) is 3. The Labute approximate surface area is 130 Å². The second kappa shape index (κ2) is 7.73. The van der Waals surface area contributed by atoms with Crippen LogP contribution in [0.15, 0.2) is 54.6 Å². The summed E-state index contributed by atoms with van der Waals surface area (Å²) in [5, 5.41) is 17.4. The van der Waals surface area contributed by atoms with E-state index >= 15 is 0 Å². The number of aliphatic carboxylic acids is 1. The molecule has 0 aliphatic heterocycles. The van der Waals surface area contributed by atoms with Crippen LogP contribution in [0, 0.1) is 0 Å². The zero-order valence-corrected chi connectivity index (χ0v) is 12.4. The lowest BCUT2D eigenvalue weighted by Gasteiger charge is -2.20. The lowest BCUT2D eigenvalue weighted by Crippen LogP contribution is -2.27. The number of aliphatic hydroxyl groups is 1. The molecular weight excluding hydrogens is 278 g/mol. The molecule has 1 aliphatic carbocycles. The molecule has 22 heavy (non-hydrogen) atoms. The monoisotopic (exact) mass is 299 g/mol.